The third-order valence-corrected chi connectivity index (χ3v) is 3.23. The summed E-state index contributed by atoms with van der Waals surface area (Å²) in [7, 11) is 0. The molecule has 1 heterocycles. The molecule has 0 saturated carbocycles. The topological polar surface area (TPSA) is 72.2 Å². The minimum Gasteiger partial charge on any atom is -0.271 e. The molecule has 0 aliphatic rings. The van der Waals surface area contributed by atoms with E-state index in [4.69, 9.17) is 0 Å². The zero-order chi connectivity index (χ0) is 16.7. The van der Waals surface area contributed by atoms with Gasteiger partial charge in [-0.3, -0.25) is 4.79 Å². The highest BCUT2D eigenvalue weighted by Gasteiger charge is 2.01. The molecule has 2 aromatic rings. The lowest BCUT2D eigenvalue weighted by molar-refractivity contribution is -0.121. The molecule has 1 aromatic carbocycles. The second-order valence-electron chi connectivity index (χ2n) is 5.60. The number of rotatable bonds is 6. The SMILES string of the molecule is CC(=C/c1ccc(C(C)C)cc1)/C=N/NC(=O)Cn1cncn1. The van der Waals surface area contributed by atoms with Crippen molar-refractivity contribution in [1.29, 1.82) is 0 Å². The Morgan fingerprint density at radius 1 is 1.35 bits per heavy atom. The minimum absolute atomic E-state index is 0.0940. The predicted octanol–water partition coefficient (Wildman–Crippen LogP) is 2.61. The van der Waals surface area contributed by atoms with Crippen LogP contribution in [0.1, 0.15) is 37.8 Å². The maximum atomic E-state index is 11.6. The number of hydrazone groups is 1. The number of nitrogens with one attached hydrogen (secondary N) is 1. The van der Waals surface area contributed by atoms with Gasteiger partial charge in [0.15, 0.2) is 0 Å². The Kier molecular flexibility index (Phi) is 5.80. The number of amides is 1. The van der Waals surface area contributed by atoms with E-state index in [1.54, 1.807) is 6.21 Å². The fourth-order valence-corrected chi connectivity index (χ4v) is 1.98. The zero-order valence-corrected chi connectivity index (χ0v) is 13.6. The van der Waals surface area contributed by atoms with Crippen molar-refractivity contribution in [3.63, 3.8) is 0 Å². The quantitative estimate of drug-likeness (QED) is 0.658. The van der Waals surface area contributed by atoms with Crippen LogP contribution in [-0.2, 0) is 11.3 Å². The first-order valence-electron chi connectivity index (χ1n) is 7.47. The number of aromatic nitrogens is 3. The van der Waals surface area contributed by atoms with E-state index in [2.05, 4.69) is 58.7 Å². The molecular formula is C17H21N5O. The molecule has 0 aliphatic heterocycles. The van der Waals surface area contributed by atoms with Crippen molar-refractivity contribution in [3.8, 4) is 0 Å². The first-order valence-corrected chi connectivity index (χ1v) is 7.47. The fraction of sp³-hybridized carbons (Fsp3) is 0.294. The van der Waals surface area contributed by atoms with E-state index >= 15 is 0 Å². The maximum absolute atomic E-state index is 11.6. The van der Waals surface area contributed by atoms with Crippen molar-refractivity contribution < 1.29 is 4.79 Å². The number of carbonyl (C=O) groups excluding carboxylic acids is 1. The summed E-state index contributed by atoms with van der Waals surface area (Å²) < 4.78 is 1.43. The van der Waals surface area contributed by atoms with Crippen LogP contribution in [0, 0.1) is 0 Å². The molecule has 0 atom stereocenters. The van der Waals surface area contributed by atoms with E-state index in [-0.39, 0.29) is 12.5 Å². The summed E-state index contributed by atoms with van der Waals surface area (Å²) in [4.78, 5) is 15.4. The highest BCUT2D eigenvalue weighted by Crippen LogP contribution is 2.15. The van der Waals surface area contributed by atoms with Gasteiger partial charge in [0.25, 0.3) is 5.91 Å². The fourth-order valence-electron chi connectivity index (χ4n) is 1.98. The second-order valence-corrected chi connectivity index (χ2v) is 5.60. The van der Waals surface area contributed by atoms with Crippen LogP contribution in [0.25, 0.3) is 6.08 Å². The van der Waals surface area contributed by atoms with E-state index in [0.717, 1.165) is 11.1 Å². The summed E-state index contributed by atoms with van der Waals surface area (Å²) in [5.41, 5.74) is 5.83. The molecule has 0 bridgehead atoms. The van der Waals surface area contributed by atoms with Gasteiger partial charge in [-0.1, -0.05) is 44.2 Å². The van der Waals surface area contributed by atoms with Crippen LogP contribution in [0.4, 0.5) is 0 Å². The van der Waals surface area contributed by atoms with Gasteiger partial charge >= 0.3 is 0 Å². The highest BCUT2D eigenvalue weighted by atomic mass is 16.2. The molecule has 0 spiro atoms. The number of benzene rings is 1. The van der Waals surface area contributed by atoms with E-state index in [1.807, 2.05) is 13.0 Å². The Morgan fingerprint density at radius 2 is 2.09 bits per heavy atom. The first kappa shape index (κ1) is 16.6. The highest BCUT2D eigenvalue weighted by molar-refractivity contribution is 5.86. The maximum Gasteiger partial charge on any atom is 0.261 e. The van der Waals surface area contributed by atoms with Gasteiger partial charge in [-0.05, 0) is 29.5 Å². The molecule has 2 rings (SSSR count). The number of allylic oxidation sites excluding steroid dienone is 1. The number of nitrogens with zero attached hydrogens (tertiary/aromatic N) is 4. The van der Waals surface area contributed by atoms with Crippen molar-refractivity contribution in [2.45, 2.75) is 33.2 Å². The van der Waals surface area contributed by atoms with Crippen molar-refractivity contribution in [1.82, 2.24) is 20.2 Å². The molecular weight excluding hydrogens is 290 g/mol. The van der Waals surface area contributed by atoms with Gasteiger partial charge in [0.2, 0.25) is 0 Å². The van der Waals surface area contributed by atoms with Crippen molar-refractivity contribution in [2.24, 2.45) is 5.10 Å². The summed E-state index contributed by atoms with van der Waals surface area (Å²) in [6.07, 6.45) is 6.50. The molecule has 1 aromatic heterocycles. The second kappa shape index (κ2) is 8.03. The Labute approximate surface area is 135 Å². The van der Waals surface area contributed by atoms with E-state index in [1.165, 1.54) is 22.9 Å². The van der Waals surface area contributed by atoms with Crippen molar-refractivity contribution >= 4 is 18.2 Å². The zero-order valence-electron chi connectivity index (χ0n) is 13.6. The van der Waals surface area contributed by atoms with Crippen LogP contribution in [0.2, 0.25) is 0 Å². The summed E-state index contributed by atoms with van der Waals surface area (Å²) >= 11 is 0. The van der Waals surface area contributed by atoms with Gasteiger partial charge in [0.1, 0.15) is 19.2 Å². The molecule has 6 nitrogen and oxygen atoms in total. The Bertz CT molecular complexity index is 684. The Morgan fingerprint density at radius 3 is 2.70 bits per heavy atom. The standard InChI is InChI=1S/C17H21N5O/c1-13(2)16-6-4-15(5-7-16)8-14(3)9-19-21-17(23)10-22-12-18-11-20-22/h4-9,11-13H,10H2,1-3H3,(H,21,23)/b14-8-,19-9+. The van der Waals surface area contributed by atoms with Crippen LogP contribution in [-0.4, -0.2) is 26.9 Å². The Hall–Kier alpha value is -2.76. The number of hydrogen-bond donors (Lipinski definition) is 1. The molecule has 120 valence electrons. The average Bonchev–Trinajstić information content (AvgIpc) is 3.00. The first-order chi connectivity index (χ1) is 11.0. The number of hydrogen-bond acceptors (Lipinski definition) is 4. The lowest BCUT2D eigenvalue weighted by atomic mass is 10.0. The van der Waals surface area contributed by atoms with Crippen LogP contribution in [0.5, 0.6) is 0 Å². The third-order valence-electron chi connectivity index (χ3n) is 3.23. The van der Waals surface area contributed by atoms with Gasteiger partial charge in [0, 0.05) is 0 Å². The van der Waals surface area contributed by atoms with Crippen LogP contribution < -0.4 is 5.43 Å². The van der Waals surface area contributed by atoms with Gasteiger partial charge in [0.05, 0.1) is 6.21 Å². The van der Waals surface area contributed by atoms with Gasteiger partial charge in [-0.15, -0.1) is 0 Å². The van der Waals surface area contributed by atoms with E-state index in [0.29, 0.717) is 5.92 Å². The lowest BCUT2D eigenvalue weighted by Gasteiger charge is -2.05. The smallest absolute Gasteiger partial charge is 0.261 e. The largest absolute Gasteiger partial charge is 0.271 e. The number of carbonyl (C=O) groups is 1. The van der Waals surface area contributed by atoms with Gasteiger partial charge in [-0.2, -0.15) is 10.2 Å². The molecule has 0 saturated heterocycles. The molecule has 6 heteroatoms. The van der Waals surface area contributed by atoms with Crippen LogP contribution in [0.15, 0.2) is 47.6 Å². The van der Waals surface area contributed by atoms with Crippen LogP contribution >= 0.6 is 0 Å². The minimum atomic E-state index is -0.249. The van der Waals surface area contributed by atoms with Crippen LogP contribution in [0.3, 0.4) is 0 Å². The summed E-state index contributed by atoms with van der Waals surface area (Å²) in [6, 6.07) is 8.41. The van der Waals surface area contributed by atoms with Crippen molar-refractivity contribution in [3.05, 3.63) is 53.6 Å². The molecule has 0 fully saturated rings. The summed E-state index contributed by atoms with van der Waals surface area (Å²) in [5, 5.41) is 7.80. The molecule has 0 aliphatic carbocycles. The van der Waals surface area contributed by atoms with Gasteiger partial charge < -0.3 is 0 Å². The molecule has 0 unspecified atom stereocenters. The summed E-state index contributed by atoms with van der Waals surface area (Å²) in [6.45, 7) is 6.37. The van der Waals surface area contributed by atoms with Crippen molar-refractivity contribution in [2.75, 3.05) is 0 Å². The normalized spacial score (nSPS) is 12.1. The van der Waals surface area contributed by atoms with E-state index in [9.17, 15) is 4.79 Å². The molecule has 0 radical (unpaired) electrons. The average molecular weight is 311 g/mol. The third kappa shape index (κ3) is 5.50. The Balaban J connectivity index is 1.87. The summed E-state index contributed by atoms with van der Waals surface area (Å²) in [5.74, 6) is 0.275. The molecule has 23 heavy (non-hydrogen) atoms. The van der Waals surface area contributed by atoms with E-state index < -0.39 is 0 Å². The van der Waals surface area contributed by atoms with Gasteiger partial charge in [-0.25, -0.2) is 15.1 Å². The molecule has 1 N–H and O–H groups in total. The molecule has 1 amide bonds. The lowest BCUT2D eigenvalue weighted by Crippen LogP contribution is -2.23. The predicted molar refractivity (Wildman–Crippen MR) is 90.8 cm³/mol. The monoisotopic (exact) mass is 311 g/mol.